The van der Waals surface area contributed by atoms with Gasteiger partial charge in [-0.1, -0.05) is 12.1 Å². The van der Waals surface area contributed by atoms with Gasteiger partial charge in [-0.15, -0.1) is 0 Å². The summed E-state index contributed by atoms with van der Waals surface area (Å²) in [7, 11) is 0. The van der Waals surface area contributed by atoms with Crippen molar-refractivity contribution in [2.75, 3.05) is 13.1 Å². The van der Waals surface area contributed by atoms with E-state index < -0.39 is 5.97 Å². The molecular formula is C14H18FNO2. The molecule has 0 aliphatic carbocycles. The van der Waals surface area contributed by atoms with Crippen molar-refractivity contribution < 1.29 is 14.3 Å². The second-order valence-electron chi connectivity index (χ2n) is 4.74. The number of halogens is 1. The molecule has 1 unspecified atom stereocenters. The SMILES string of the molecule is O=C(O)CCCN1CCCC1c1ccc(F)cc1. The van der Waals surface area contributed by atoms with E-state index in [0.29, 0.717) is 12.5 Å². The first-order chi connectivity index (χ1) is 8.66. The van der Waals surface area contributed by atoms with Crippen LogP contribution < -0.4 is 0 Å². The topological polar surface area (TPSA) is 40.5 Å². The predicted octanol–water partition coefficient (Wildman–Crippen LogP) is 2.83. The summed E-state index contributed by atoms with van der Waals surface area (Å²) in [6, 6.07) is 6.95. The second-order valence-corrected chi connectivity index (χ2v) is 4.74. The van der Waals surface area contributed by atoms with Crippen molar-refractivity contribution >= 4 is 5.97 Å². The minimum atomic E-state index is -0.743. The Kier molecular flexibility index (Phi) is 4.31. The second kappa shape index (κ2) is 5.96. The molecule has 2 rings (SSSR count). The Morgan fingerprint density at radius 3 is 2.78 bits per heavy atom. The zero-order valence-corrected chi connectivity index (χ0v) is 10.3. The summed E-state index contributed by atoms with van der Waals surface area (Å²) in [5.74, 6) is -0.957. The number of hydrogen-bond donors (Lipinski definition) is 1. The average Bonchev–Trinajstić information content (AvgIpc) is 2.78. The summed E-state index contributed by atoms with van der Waals surface area (Å²) in [6.45, 7) is 1.80. The van der Waals surface area contributed by atoms with Crippen molar-refractivity contribution in [1.82, 2.24) is 4.90 Å². The molecule has 0 bridgehead atoms. The van der Waals surface area contributed by atoms with E-state index in [1.54, 1.807) is 0 Å². The van der Waals surface area contributed by atoms with Crippen molar-refractivity contribution in [3.63, 3.8) is 0 Å². The summed E-state index contributed by atoms with van der Waals surface area (Å²) in [4.78, 5) is 12.8. The zero-order valence-electron chi connectivity index (χ0n) is 10.3. The standard InChI is InChI=1S/C14H18FNO2/c15-12-7-5-11(6-8-12)13-3-1-9-16(13)10-2-4-14(17)18/h5-8,13H,1-4,9-10H2,(H,17,18). The number of benzene rings is 1. The lowest BCUT2D eigenvalue weighted by Crippen LogP contribution is -2.24. The van der Waals surface area contributed by atoms with E-state index in [9.17, 15) is 9.18 Å². The first kappa shape index (κ1) is 13.0. The molecule has 1 heterocycles. The van der Waals surface area contributed by atoms with E-state index in [0.717, 1.165) is 31.5 Å². The normalized spacial score (nSPS) is 20.2. The monoisotopic (exact) mass is 251 g/mol. The molecule has 1 aliphatic rings. The predicted molar refractivity (Wildman–Crippen MR) is 66.8 cm³/mol. The minimum absolute atomic E-state index is 0.214. The molecule has 0 saturated carbocycles. The molecule has 0 amide bonds. The van der Waals surface area contributed by atoms with Crippen LogP contribution in [0.25, 0.3) is 0 Å². The van der Waals surface area contributed by atoms with Crippen LogP contribution in [0.15, 0.2) is 24.3 Å². The Balaban J connectivity index is 1.94. The van der Waals surface area contributed by atoms with Gasteiger partial charge in [0.2, 0.25) is 0 Å². The van der Waals surface area contributed by atoms with Crippen molar-refractivity contribution in [1.29, 1.82) is 0 Å². The molecule has 3 nitrogen and oxygen atoms in total. The lowest BCUT2D eigenvalue weighted by Gasteiger charge is -2.24. The molecule has 1 atom stereocenters. The van der Waals surface area contributed by atoms with Crippen molar-refractivity contribution in [2.45, 2.75) is 31.7 Å². The third kappa shape index (κ3) is 3.29. The molecule has 18 heavy (non-hydrogen) atoms. The van der Waals surface area contributed by atoms with Crippen LogP contribution in [-0.2, 0) is 4.79 Å². The average molecular weight is 251 g/mol. The highest BCUT2D eigenvalue weighted by molar-refractivity contribution is 5.66. The fraction of sp³-hybridized carbons (Fsp3) is 0.500. The number of carboxylic acids is 1. The first-order valence-electron chi connectivity index (χ1n) is 6.38. The lowest BCUT2D eigenvalue weighted by atomic mass is 10.0. The van der Waals surface area contributed by atoms with Crippen LogP contribution in [0, 0.1) is 5.82 Å². The van der Waals surface area contributed by atoms with Gasteiger partial charge in [-0.3, -0.25) is 9.69 Å². The Hall–Kier alpha value is -1.42. The molecule has 1 aromatic rings. The van der Waals surface area contributed by atoms with E-state index in [2.05, 4.69) is 4.90 Å². The fourth-order valence-corrected chi connectivity index (χ4v) is 2.59. The summed E-state index contributed by atoms with van der Waals surface area (Å²) in [6.07, 6.45) is 3.08. The molecular weight excluding hydrogens is 233 g/mol. The Bertz CT molecular complexity index is 405. The number of carboxylic acid groups (broad SMARTS) is 1. The molecule has 1 saturated heterocycles. The van der Waals surface area contributed by atoms with E-state index >= 15 is 0 Å². The lowest BCUT2D eigenvalue weighted by molar-refractivity contribution is -0.137. The molecule has 0 radical (unpaired) electrons. The number of rotatable bonds is 5. The Morgan fingerprint density at radius 1 is 1.39 bits per heavy atom. The van der Waals surface area contributed by atoms with Crippen LogP contribution in [-0.4, -0.2) is 29.1 Å². The molecule has 1 aliphatic heterocycles. The van der Waals surface area contributed by atoms with Gasteiger partial charge < -0.3 is 5.11 Å². The summed E-state index contributed by atoms with van der Waals surface area (Å²) in [5.41, 5.74) is 1.13. The zero-order chi connectivity index (χ0) is 13.0. The quantitative estimate of drug-likeness (QED) is 0.874. The van der Waals surface area contributed by atoms with Crippen LogP contribution in [0.2, 0.25) is 0 Å². The maximum absolute atomic E-state index is 12.9. The van der Waals surface area contributed by atoms with Gasteiger partial charge in [-0.05, 0) is 50.0 Å². The Labute approximate surface area is 106 Å². The van der Waals surface area contributed by atoms with Gasteiger partial charge >= 0.3 is 5.97 Å². The maximum Gasteiger partial charge on any atom is 0.303 e. The molecule has 1 aromatic carbocycles. The summed E-state index contributed by atoms with van der Waals surface area (Å²) < 4.78 is 12.9. The highest BCUT2D eigenvalue weighted by atomic mass is 19.1. The van der Waals surface area contributed by atoms with Gasteiger partial charge in [0.1, 0.15) is 5.82 Å². The Morgan fingerprint density at radius 2 is 2.11 bits per heavy atom. The van der Waals surface area contributed by atoms with Gasteiger partial charge in [0.25, 0.3) is 0 Å². The fourth-order valence-electron chi connectivity index (χ4n) is 2.59. The van der Waals surface area contributed by atoms with E-state index in [1.165, 1.54) is 12.1 Å². The largest absolute Gasteiger partial charge is 0.481 e. The van der Waals surface area contributed by atoms with Crippen LogP contribution in [0.3, 0.4) is 0 Å². The highest BCUT2D eigenvalue weighted by Gasteiger charge is 2.25. The third-order valence-electron chi connectivity index (χ3n) is 3.45. The van der Waals surface area contributed by atoms with E-state index in [4.69, 9.17) is 5.11 Å². The van der Waals surface area contributed by atoms with Crippen LogP contribution in [0.5, 0.6) is 0 Å². The van der Waals surface area contributed by atoms with E-state index in [-0.39, 0.29) is 12.2 Å². The maximum atomic E-state index is 12.9. The smallest absolute Gasteiger partial charge is 0.303 e. The van der Waals surface area contributed by atoms with Crippen molar-refractivity contribution in [3.8, 4) is 0 Å². The summed E-state index contributed by atoms with van der Waals surface area (Å²) >= 11 is 0. The highest BCUT2D eigenvalue weighted by Crippen LogP contribution is 2.31. The number of aliphatic carboxylic acids is 1. The number of carbonyl (C=O) groups is 1. The number of nitrogens with zero attached hydrogens (tertiary/aromatic N) is 1. The van der Waals surface area contributed by atoms with Gasteiger partial charge in [0, 0.05) is 12.5 Å². The molecule has 98 valence electrons. The van der Waals surface area contributed by atoms with Gasteiger partial charge in [-0.2, -0.15) is 0 Å². The molecule has 1 fully saturated rings. The van der Waals surface area contributed by atoms with E-state index in [1.807, 2.05) is 12.1 Å². The van der Waals surface area contributed by atoms with Crippen LogP contribution in [0.1, 0.15) is 37.3 Å². The van der Waals surface area contributed by atoms with Crippen molar-refractivity contribution in [3.05, 3.63) is 35.6 Å². The van der Waals surface area contributed by atoms with Gasteiger partial charge in [-0.25, -0.2) is 4.39 Å². The number of hydrogen-bond acceptors (Lipinski definition) is 2. The molecule has 0 spiro atoms. The number of likely N-dealkylation sites (tertiary alicyclic amines) is 1. The van der Waals surface area contributed by atoms with Crippen LogP contribution in [0.4, 0.5) is 4.39 Å². The summed E-state index contributed by atoms with van der Waals surface area (Å²) in [5, 5.41) is 8.64. The molecule has 0 aromatic heterocycles. The first-order valence-corrected chi connectivity index (χ1v) is 6.38. The molecule has 4 heteroatoms. The van der Waals surface area contributed by atoms with Gasteiger partial charge in [0.15, 0.2) is 0 Å². The van der Waals surface area contributed by atoms with Crippen molar-refractivity contribution in [2.24, 2.45) is 0 Å². The molecule has 1 N–H and O–H groups in total. The van der Waals surface area contributed by atoms with Crippen LogP contribution >= 0.6 is 0 Å². The minimum Gasteiger partial charge on any atom is -0.481 e. The third-order valence-corrected chi connectivity index (χ3v) is 3.45. The van der Waals surface area contributed by atoms with Gasteiger partial charge in [0.05, 0.1) is 0 Å².